The molecule has 0 saturated carbocycles. The highest BCUT2D eigenvalue weighted by atomic mass is 32.7. The minimum absolute atomic E-state index is 0.548. The normalized spacial score (nSPS) is 18.5. The quantitative estimate of drug-likeness (QED) is 0.668. The molecule has 0 aliphatic heterocycles. The lowest BCUT2D eigenvalue weighted by Crippen LogP contribution is -2.16. The predicted octanol–water partition coefficient (Wildman–Crippen LogP) is 2.26. The molecular weight excluding hydrogens is 171 g/mol. The summed E-state index contributed by atoms with van der Waals surface area (Å²) in [4.78, 5) is 8.96. The molecule has 1 unspecified atom stereocenters. The zero-order chi connectivity index (χ0) is 8.41. The summed E-state index contributed by atoms with van der Waals surface area (Å²) >= 11 is 0.843. The molecule has 3 nitrogen and oxygen atoms in total. The Hall–Kier alpha value is 0.500. The molecule has 0 aromatic heterocycles. The number of hydrogen-bond acceptors (Lipinski definition) is 3. The van der Waals surface area contributed by atoms with E-state index in [0.717, 1.165) is 11.4 Å². The number of rotatable bonds is 2. The van der Waals surface area contributed by atoms with Crippen molar-refractivity contribution in [3.63, 3.8) is 0 Å². The van der Waals surface area contributed by atoms with Gasteiger partial charge in [0.05, 0.1) is 5.60 Å². The fourth-order valence-electron chi connectivity index (χ4n) is 0.383. The maximum absolute atomic E-state index is 10.9. The molecule has 0 amide bonds. The fourth-order valence-corrected chi connectivity index (χ4v) is 2.04. The van der Waals surface area contributed by atoms with Crippen molar-refractivity contribution in [2.75, 3.05) is 6.26 Å². The van der Waals surface area contributed by atoms with Crippen molar-refractivity contribution in [2.45, 2.75) is 26.4 Å². The van der Waals surface area contributed by atoms with Crippen LogP contribution in [0.15, 0.2) is 0 Å². The summed E-state index contributed by atoms with van der Waals surface area (Å²) in [6, 6.07) is 0. The highest BCUT2D eigenvalue weighted by Crippen LogP contribution is 2.56. The van der Waals surface area contributed by atoms with Crippen LogP contribution in [0.4, 0.5) is 0 Å². The summed E-state index contributed by atoms with van der Waals surface area (Å²) in [7, 11) is 0. The van der Waals surface area contributed by atoms with Gasteiger partial charge in [0.1, 0.15) is 0 Å². The average molecular weight is 184 g/mol. The van der Waals surface area contributed by atoms with E-state index in [1.807, 2.05) is 0 Å². The van der Waals surface area contributed by atoms with E-state index in [9.17, 15) is 4.57 Å². The second-order valence-electron chi connectivity index (χ2n) is 2.85. The second kappa shape index (κ2) is 3.26. The van der Waals surface area contributed by atoms with Crippen LogP contribution in [0, 0.1) is 0 Å². The zero-order valence-electron chi connectivity index (χ0n) is 6.62. The lowest BCUT2D eigenvalue weighted by atomic mass is 10.2. The molecule has 0 aromatic carbocycles. The van der Waals surface area contributed by atoms with E-state index >= 15 is 0 Å². The van der Waals surface area contributed by atoms with E-state index in [2.05, 4.69) is 0 Å². The maximum Gasteiger partial charge on any atom is 0.386 e. The van der Waals surface area contributed by atoms with Gasteiger partial charge in [-0.1, -0.05) is 0 Å². The van der Waals surface area contributed by atoms with Gasteiger partial charge in [-0.25, -0.2) is 4.57 Å². The van der Waals surface area contributed by atoms with Crippen molar-refractivity contribution < 1.29 is 14.0 Å². The molecule has 0 aliphatic rings. The van der Waals surface area contributed by atoms with E-state index in [0.29, 0.717) is 0 Å². The van der Waals surface area contributed by atoms with Gasteiger partial charge >= 0.3 is 6.80 Å². The molecule has 62 valence electrons. The first-order valence-electron chi connectivity index (χ1n) is 2.86. The molecule has 0 heterocycles. The molecule has 5 heteroatoms. The fraction of sp³-hybridized carbons (Fsp3) is 1.00. The average Bonchev–Trinajstić information content (AvgIpc) is 1.60. The van der Waals surface area contributed by atoms with Gasteiger partial charge in [-0.15, -0.1) is 0 Å². The van der Waals surface area contributed by atoms with Crippen molar-refractivity contribution in [2.24, 2.45) is 0 Å². The Kier molecular flexibility index (Phi) is 3.43. The van der Waals surface area contributed by atoms with Crippen LogP contribution >= 0.6 is 18.2 Å². The molecule has 0 radical (unpaired) electrons. The van der Waals surface area contributed by atoms with Crippen LogP contribution in [0.25, 0.3) is 0 Å². The smallest absolute Gasteiger partial charge is 0.316 e. The van der Waals surface area contributed by atoms with Crippen molar-refractivity contribution in [1.82, 2.24) is 0 Å². The highest BCUT2D eigenvalue weighted by molar-refractivity contribution is 8.54. The van der Waals surface area contributed by atoms with Crippen molar-refractivity contribution >= 4 is 18.2 Å². The van der Waals surface area contributed by atoms with E-state index in [1.54, 1.807) is 27.0 Å². The van der Waals surface area contributed by atoms with Crippen molar-refractivity contribution in [3.8, 4) is 0 Å². The molecule has 0 saturated heterocycles. The largest absolute Gasteiger partial charge is 0.386 e. The first-order chi connectivity index (χ1) is 4.27. The lowest BCUT2D eigenvalue weighted by molar-refractivity contribution is 0.120. The topological polar surface area (TPSA) is 46.5 Å². The van der Waals surface area contributed by atoms with Crippen LogP contribution in [-0.2, 0) is 9.09 Å². The van der Waals surface area contributed by atoms with Crippen LogP contribution in [0.5, 0.6) is 0 Å². The molecule has 0 aliphatic carbocycles. The maximum atomic E-state index is 10.9. The van der Waals surface area contributed by atoms with Gasteiger partial charge < -0.3 is 4.89 Å². The summed E-state index contributed by atoms with van der Waals surface area (Å²) in [6.45, 7) is 1.85. The third kappa shape index (κ3) is 5.30. The molecule has 10 heavy (non-hydrogen) atoms. The minimum Gasteiger partial charge on any atom is -0.316 e. The summed E-state index contributed by atoms with van der Waals surface area (Å²) in [5, 5.41) is 0. The monoisotopic (exact) mass is 184 g/mol. The lowest BCUT2D eigenvalue weighted by Gasteiger charge is -2.21. The van der Waals surface area contributed by atoms with Gasteiger partial charge in [-0.2, -0.15) is 0 Å². The van der Waals surface area contributed by atoms with Gasteiger partial charge in [0.15, 0.2) is 0 Å². The zero-order valence-corrected chi connectivity index (χ0v) is 8.33. The molecular formula is C5H13O3PS. The summed E-state index contributed by atoms with van der Waals surface area (Å²) < 4.78 is 15.7. The second-order valence-corrected chi connectivity index (χ2v) is 6.82. The summed E-state index contributed by atoms with van der Waals surface area (Å²) in [5.74, 6) is 0. The van der Waals surface area contributed by atoms with Crippen molar-refractivity contribution in [3.05, 3.63) is 0 Å². The molecule has 1 N–H and O–H groups in total. The Morgan fingerprint density at radius 2 is 1.90 bits per heavy atom. The molecule has 0 aromatic rings. The Labute approximate surface area is 65.4 Å². The minimum atomic E-state index is -3.38. The van der Waals surface area contributed by atoms with E-state index in [1.165, 1.54) is 0 Å². The Morgan fingerprint density at radius 1 is 1.50 bits per heavy atom. The van der Waals surface area contributed by atoms with Crippen molar-refractivity contribution in [1.29, 1.82) is 0 Å². The SMILES string of the molecule is CSP(=O)(O)OC(C)(C)C. The van der Waals surface area contributed by atoms with Gasteiger partial charge in [0.25, 0.3) is 0 Å². The summed E-state index contributed by atoms with van der Waals surface area (Å²) in [5.41, 5.74) is -0.548. The van der Waals surface area contributed by atoms with Gasteiger partial charge in [0, 0.05) is 0 Å². The predicted molar refractivity (Wildman–Crippen MR) is 44.2 cm³/mol. The molecule has 0 spiro atoms. The number of hydrogen-bond donors (Lipinski definition) is 1. The van der Waals surface area contributed by atoms with Gasteiger partial charge in [-0.05, 0) is 38.4 Å². The van der Waals surface area contributed by atoms with Gasteiger partial charge in [-0.3, -0.25) is 4.52 Å². The first-order valence-corrected chi connectivity index (χ1v) is 6.27. The van der Waals surface area contributed by atoms with Crippen LogP contribution in [-0.4, -0.2) is 16.8 Å². The van der Waals surface area contributed by atoms with Crippen LogP contribution in [0.1, 0.15) is 20.8 Å². The standard InChI is InChI=1S/C5H13O3PS/c1-5(2,3)8-9(6,7)10-4/h1-4H3,(H,6,7). The Morgan fingerprint density at radius 3 is 2.00 bits per heavy atom. The van der Waals surface area contributed by atoms with E-state index in [4.69, 9.17) is 9.42 Å². The Balaban J connectivity index is 4.03. The van der Waals surface area contributed by atoms with Crippen LogP contribution in [0.3, 0.4) is 0 Å². The molecule has 0 fully saturated rings. The molecule has 1 atom stereocenters. The third-order valence-corrected chi connectivity index (χ3v) is 3.47. The Bertz CT molecular complexity index is 151. The highest BCUT2D eigenvalue weighted by Gasteiger charge is 2.25. The summed E-state index contributed by atoms with van der Waals surface area (Å²) in [6.07, 6.45) is 1.55. The first kappa shape index (κ1) is 10.5. The molecule has 0 rings (SSSR count). The van der Waals surface area contributed by atoms with E-state index in [-0.39, 0.29) is 0 Å². The molecule has 0 bridgehead atoms. The van der Waals surface area contributed by atoms with Gasteiger partial charge in [0.2, 0.25) is 0 Å². The van der Waals surface area contributed by atoms with Crippen LogP contribution in [0.2, 0.25) is 0 Å². The third-order valence-electron chi connectivity index (χ3n) is 0.620. The van der Waals surface area contributed by atoms with E-state index < -0.39 is 12.4 Å². The van der Waals surface area contributed by atoms with Crippen LogP contribution < -0.4 is 0 Å².